The first-order valence-electron chi connectivity index (χ1n) is 5.42. The third kappa shape index (κ3) is 5.95. The molecule has 14 heavy (non-hydrogen) atoms. The fraction of sp³-hybridized carbons (Fsp3) is 0.909. The van der Waals surface area contributed by atoms with E-state index in [1.807, 2.05) is 20.8 Å². The van der Waals surface area contributed by atoms with Gasteiger partial charge in [0, 0.05) is 13.2 Å². The van der Waals surface area contributed by atoms with Crippen LogP contribution in [0.3, 0.4) is 0 Å². The van der Waals surface area contributed by atoms with Crippen molar-refractivity contribution in [1.29, 1.82) is 5.26 Å². The van der Waals surface area contributed by atoms with E-state index in [2.05, 4.69) is 11.4 Å². The molecule has 3 nitrogen and oxygen atoms in total. The van der Waals surface area contributed by atoms with E-state index in [4.69, 9.17) is 10.00 Å². The van der Waals surface area contributed by atoms with Gasteiger partial charge in [-0.3, -0.25) is 5.32 Å². The Bertz CT molecular complexity index is 177. The lowest BCUT2D eigenvalue weighted by molar-refractivity contribution is 0.141. The summed E-state index contributed by atoms with van der Waals surface area (Å²) in [4.78, 5) is 0. The van der Waals surface area contributed by atoms with E-state index in [0.717, 1.165) is 39.0 Å². The molecule has 0 rings (SSSR count). The fourth-order valence-electron chi connectivity index (χ4n) is 1.40. The van der Waals surface area contributed by atoms with Crippen LogP contribution in [0.2, 0.25) is 0 Å². The Kier molecular flexibility index (Phi) is 7.45. The molecule has 1 unspecified atom stereocenters. The normalized spacial score (nSPS) is 14.7. The number of nitrogens with one attached hydrogen (secondary N) is 1. The Balaban J connectivity index is 3.58. The van der Waals surface area contributed by atoms with Gasteiger partial charge in [-0.2, -0.15) is 5.26 Å². The van der Waals surface area contributed by atoms with E-state index in [9.17, 15) is 0 Å². The van der Waals surface area contributed by atoms with E-state index < -0.39 is 0 Å². The van der Waals surface area contributed by atoms with Crippen LogP contribution in [0.5, 0.6) is 0 Å². The molecule has 0 aromatic carbocycles. The summed E-state index contributed by atoms with van der Waals surface area (Å²) in [5, 5.41) is 12.2. The van der Waals surface area contributed by atoms with Gasteiger partial charge in [0.1, 0.15) is 5.54 Å². The Hall–Kier alpha value is -0.590. The first-order valence-corrected chi connectivity index (χ1v) is 5.42. The summed E-state index contributed by atoms with van der Waals surface area (Å²) in [5.74, 6) is 0. The molecule has 0 saturated heterocycles. The molecule has 0 saturated carbocycles. The van der Waals surface area contributed by atoms with Crippen molar-refractivity contribution in [3.8, 4) is 6.07 Å². The first kappa shape index (κ1) is 13.4. The number of hydrogen-bond donors (Lipinski definition) is 1. The number of nitriles is 1. The van der Waals surface area contributed by atoms with Crippen LogP contribution in [0.1, 0.15) is 40.0 Å². The van der Waals surface area contributed by atoms with Gasteiger partial charge in [-0.25, -0.2) is 0 Å². The van der Waals surface area contributed by atoms with Crippen molar-refractivity contribution in [3.63, 3.8) is 0 Å². The smallest absolute Gasteiger partial charge is 0.103 e. The fourth-order valence-corrected chi connectivity index (χ4v) is 1.40. The molecule has 0 fully saturated rings. The van der Waals surface area contributed by atoms with Crippen molar-refractivity contribution in [3.05, 3.63) is 0 Å². The van der Waals surface area contributed by atoms with Crippen molar-refractivity contribution in [2.75, 3.05) is 19.8 Å². The SMILES string of the molecule is CCNC(C)(C#N)CCCCOCC. The van der Waals surface area contributed by atoms with E-state index in [0.29, 0.717) is 0 Å². The largest absolute Gasteiger partial charge is 0.382 e. The summed E-state index contributed by atoms with van der Waals surface area (Å²) in [5.41, 5.74) is -0.360. The summed E-state index contributed by atoms with van der Waals surface area (Å²) in [6, 6.07) is 2.32. The average Bonchev–Trinajstić information content (AvgIpc) is 2.18. The summed E-state index contributed by atoms with van der Waals surface area (Å²) < 4.78 is 5.24. The lowest BCUT2D eigenvalue weighted by Crippen LogP contribution is -2.40. The molecule has 0 aromatic rings. The van der Waals surface area contributed by atoms with Gasteiger partial charge in [0.15, 0.2) is 0 Å². The van der Waals surface area contributed by atoms with E-state index in [1.165, 1.54) is 0 Å². The van der Waals surface area contributed by atoms with Crippen LogP contribution in [0.25, 0.3) is 0 Å². The van der Waals surface area contributed by atoms with Crippen molar-refractivity contribution in [2.24, 2.45) is 0 Å². The quantitative estimate of drug-likeness (QED) is 0.607. The highest BCUT2D eigenvalue weighted by Gasteiger charge is 2.20. The molecule has 3 heteroatoms. The topological polar surface area (TPSA) is 45.0 Å². The molecule has 1 N–H and O–H groups in total. The molecule has 0 radical (unpaired) electrons. The predicted octanol–water partition coefficient (Wildman–Crippen LogP) is 2.08. The number of hydrogen-bond acceptors (Lipinski definition) is 3. The second-order valence-corrected chi connectivity index (χ2v) is 3.63. The summed E-state index contributed by atoms with van der Waals surface area (Å²) in [6.07, 6.45) is 2.97. The third-order valence-corrected chi connectivity index (χ3v) is 2.23. The van der Waals surface area contributed by atoms with Crippen LogP contribution in [0.4, 0.5) is 0 Å². The molecule has 0 aromatic heterocycles. The zero-order chi connectivity index (χ0) is 10.9. The Morgan fingerprint density at radius 1 is 1.36 bits per heavy atom. The minimum absolute atomic E-state index is 0.360. The standard InChI is InChI=1S/C11H22N2O/c1-4-13-11(3,10-12)8-6-7-9-14-5-2/h13H,4-9H2,1-3H3. The van der Waals surface area contributed by atoms with Crippen LogP contribution in [-0.2, 0) is 4.74 Å². The molecule has 0 aliphatic carbocycles. The van der Waals surface area contributed by atoms with Crippen LogP contribution in [0, 0.1) is 11.3 Å². The first-order chi connectivity index (χ1) is 6.68. The Morgan fingerprint density at radius 2 is 2.07 bits per heavy atom. The highest BCUT2D eigenvalue weighted by Crippen LogP contribution is 2.12. The third-order valence-electron chi connectivity index (χ3n) is 2.23. The molecule has 0 spiro atoms. The van der Waals surface area contributed by atoms with Crippen molar-refractivity contribution in [2.45, 2.75) is 45.6 Å². The Morgan fingerprint density at radius 3 is 2.57 bits per heavy atom. The van der Waals surface area contributed by atoms with Gasteiger partial charge >= 0.3 is 0 Å². The van der Waals surface area contributed by atoms with Gasteiger partial charge in [-0.15, -0.1) is 0 Å². The van der Waals surface area contributed by atoms with Gasteiger partial charge in [0.05, 0.1) is 6.07 Å². The predicted molar refractivity (Wildman–Crippen MR) is 58.0 cm³/mol. The number of nitrogens with zero attached hydrogens (tertiary/aromatic N) is 1. The van der Waals surface area contributed by atoms with Crippen LogP contribution in [-0.4, -0.2) is 25.3 Å². The van der Waals surface area contributed by atoms with Gasteiger partial charge in [-0.1, -0.05) is 6.92 Å². The van der Waals surface area contributed by atoms with Gasteiger partial charge in [-0.05, 0) is 39.7 Å². The minimum atomic E-state index is -0.360. The molecular formula is C11H22N2O. The maximum atomic E-state index is 8.98. The summed E-state index contributed by atoms with van der Waals surface area (Å²) >= 11 is 0. The molecule has 0 heterocycles. The number of ether oxygens (including phenoxy) is 1. The van der Waals surface area contributed by atoms with E-state index in [1.54, 1.807) is 0 Å². The number of rotatable bonds is 8. The Labute approximate surface area is 87.4 Å². The maximum Gasteiger partial charge on any atom is 0.103 e. The minimum Gasteiger partial charge on any atom is -0.382 e. The van der Waals surface area contributed by atoms with Crippen LogP contribution >= 0.6 is 0 Å². The van der Waals surface area contributed by atoms with Crippen molar-refractivity contribution >= 4 is 0 Å². The second-order valence-electron chi connectivity index (χ2n) is 3.63. The molecule has 1 atom stereocenters. The van der Waals surface area contributed by atoms with E-state index >= 15 is 0 Å². The molecular weight excluding hydrogens is 176 g/mol. The molecule has 0 aliphatic heterocycles. The average molecular weight is 198 g/mol. The van der Waals surface area contributed by atoms with E-state index in [-0.39, 0.29) is 5.54 Å². The second kappa shape index (κ2) is 7.78. The molecule has 0 bridgehead atoms. The number of unbranched alkanes of at least 4 members (excludes halogenated alkanes) is 1. The summed E-state index contributed by atoms with van der Waals surface area (Å²) in [6.45, 7) is 8.41. The lowest BCUT2D eigenvalue weighted by atomic mass is 9.97. The zero-order valence-corrected chi connectivity index (χ0v) is 9.60. The summed E-state index contributed by atoms with van der Waals surface area (Å²) in [7, 11) is 0. The van der Waals surface area contributed by atoms with Gasteiger partial charge in [0.25, 0.3) is 0 Å². The van der Waals surface area contributed by atoms with Crippen molar-refractivity contribution < 1.29 is 4.74 Å². The van der Waals surface area contributed by atoms with Gasteiger partial charge in [0.2, 0.25) is 0 Å². The molecule has 0 amide bonds. The maximum absolute atomic E-state index is 8.98. The highest BCUT2D eigenvalue weighted by molar-refractivity contribution is 5.03. The lowest BCUT2D eigenvalue weighted by Gasteiger charge is -2.22. The van der Waals surface area contributed by atoms with Crippen LogP contribution < -0.4 is 5.32 Å². The van der Waals surface area contributed by atoms with Gasteiger partial charge < -0.3 is 4.74 Å². The highest BCUT2D eigenvalue weighted by atomic mass is 16.5. The van der Waals surface area contributed by atoms with Crippen molar-refractivity contribution in [1.82, 2.24) is 5.32 Å². The molecule has 0 aliphatic rings. The van der Waals surface area contributed by atoms with Crippen LogP contribution in [0.15, 0.2) is 0 Å². The monoisotopic (exact) mass is 198 g/mol. The molecule has 82 valence electrons. The zero-order valence-electron chi connectivity index (χ0n) is 9.60.